The fraction of sp³-hybridized carbons (Fsp3) is 0.286. The molecule has 2 aromatic heterocycles. The van der Waals surface area contributed by atoms with Gasteiger partial charge in [0.1, 0.15) is 18.2 Å². The van der Waals surface area contributed by atoms with Crippen molar-refractivity contribution in [3.05, 3.63) is 64.7 Å². The molecule has 8 nitrogen and oxygen atoms in total. The molecule has 3 heterocycles. The lowest BCUT2D eigenvalue weighted by atomic mass is 10.2. The molecule has 0 saturated carbocycles. The molecule has 0 aliphatic carbocycles. The Kier molecular flexibility index (Phi) is 6.73. The zero-order valence-electron chi connectivity index (χ0n) is 16.4. The molecule has 0 atom stereocenters. The first-order valence-corrected chi connectivity index (χ1v) is 10.6. The van der Waals surface area contributed by atoms with Crippen LogP contribution in [-0.2, 0) is 17.9 Å². The van der Waals surface area contributed by atoms with Gasteiger partial charge in [0.05, 0.1) is 24.4 Å². The van der Waals surface area contributed by atoms with E-state index in [-0.39, 0.29) is 6.03 Å². The summed E-state index contributed by atoms with van der Waals surface area (Å²) in [6.07, 6.45) is 1.77. The Morgan fingerprint density at radius 1 is 1.20 bits per heavy atom. The number of aromatic nitrogens is 2. The van der Waals surface area contributed by atoms with Gasteiger partial charge in [0, 0.05) is 48.5 Å². The van der Waals surface area contributed by atoms with Gasteiger partial charge in [0.15, 0.2) is 0 Å². The summed E-state index contributed by atoms with van der Waals surface area (Å²) in [5.41, 5.74) is 4.27. The average Bonchev–Trinajstić information content (AvgIpc) is 3.31. The number of ether oxygens (including phenoxy) is 2. The standard InChI is InChI=1S/C21H23N5O3S/c27-21(23-12-16-3-2-6-22-20(16)26-7-9-28-10-8-26)25-17-4-1-5-19(11-17)29-13-18-14-30-15-24-18/h1-6,11,14-15H,7-10,12-13H2,(H2,23,25,27). The molecule has 1 aromatic carbocycles. The number of anilines is 2. The maximum Gasteiger partial charge on any atom is 0.319 e. The number of amides is 2. The third kappa shape index (κ3) is 5.46. The van der Waals surface area contributed by atoms with E-state index in [4.69, 9.17) is 9.47 Å². The molecule has 1 aliphatic heterocycles. The number of thiazole rings is 1. The number of nitrogens with zero attached hydrogens (tertiary/aromatic N) is 3. The quantitative estimate of drug-likeness (QED) is 0.604. The monoisotopic (exact) mass is 425 g/mol. The summed E-state index contributed by atoms with van der Waals surface area (Å²) < 4.78 is 11.1. The van der Waals surface area contributed by atoms with Crippen LogP contribution >= 0.6 is 11.3 Å². The van der Waals surface area contributed by atoms with Gasteiger partial charge >= 0.3 is 6.03 Å². The number of hydrogen-bond acceptors (Lipinski definition) is 7. The van der Waals surface area contributed by atoms with Crippen LogP contribution in [-0.4, -0.2) is 42.3 Å². The van der Waals surface area contributed by atoms with Gasteiger partial charge in [-0.05, 0) is 18.2 Å². The largest absolute Gasteiger partial charge is 0.487 e. The van der Waals surface area contributed by atoms with Crippen LogP contribution in [0.2, 0.25) is 0 Å². The number of rotatable bonds is 7. The molecule has 2 amide bonds. The van der Waals surface area contributed by atoms with Crippen molar-refractivity contribution in [1.29, 1.82) is 0 Å². The van der Waals surface area contributed by atoms with Crippen LogP contribution in [0.25, 0.3) is 0 Å². The smallest absolute Gasteiger partial charge is 0.319 e. The van der Waals surface area contributed by atoms with Crippen molar-refractivity contribution in [2.45, 2.75) is 13.2 Å². The fourth-order valence-corrected chi connectivity index (χ4v) is 3.65. The van der Waals surface area contributed by atoms with Crippen molar-refractivity contribution < 1.29 is 14.3 Å². The second kappa shape index (κ2) is 10.0. The third-order valence-electron chi connectivity index (χ3n) is 4.58. The Bertz CT molecular complexity index is 961. The molecule has 30 heavy (non-hydrogen) atoms. The summed E-state index contributed by atoms with van der Waals surface area (Å²) in [7, 11) is 0. The van der Waals surface area contributed by atoms with E-state index >= 15 is 0 Å². The lowest BCUT2D eigenvalue weighted by Gasteiger charge is -2.29. The lowest BCUT2D eigenvalue weighted by molar-refractivity contribution is 0.122. The molecular weight excluding hydrogens is 402 g/mol. The molecule has 4 rings (SSSR count). The minimum atomic E-state index is -0.288. The van der Waals surface area contributed by atoms with Crippen LogP contribution in [0.3, 0.4) is 0 Å². The van der Waals surface area contributed by atoms with E-state index in [1.807, 2.05) is 35.7 Å². The van der Waals surface area contributed by atoms with Gasteiger partial charge in [-0.2, -0.15) is 0 Å². The number of carbonyl (C=O) groups is 1. The number of benzene rings is 1. The van der Waals surface area contributed by atoms with E-state index in [9.17, 15) is 4.79 Å². The molecule has 0 bridgehead atoms. The maximum absolute atomic E-state index is 12.4. The van der Waals surface area contributed by atoms with Crippen LogP contribution in [0.15, 0.2) is 53.5 Å². The van der Waals surface area contributed by atoms with E-state index < -0.39 is 0 Å². The highest BCUT2D eigenvalue weighted by Gasteiger charge is 2.16. The first kappa shape index (κ1) is 20.1. The molecular formula is C21H23N5O3S. The van der Waals surface area contributed by atoms with E-state index in [0.717, 1.165) is 30.2 Å². The van der Waals surface area contributed by atoms with Crippen molar-refractivity contribution in [3.63, 3.8) is 0 Å². The molecule has 3 aromatic rings. The number of nitrogens with one attached hydrogen (secondary N) is 2. The van der Waals surface area contributed by atoms with E-state index in [1.54, 1.807) is 17.8 Å². The maximum atomic E-state index is 12.4. The molecule has 9 heteroatoms. The summed E-state index contributed by atoms with van der Waals surface area (Å²) in [4.78, 5) is 23.3. The minimum absolute atomic E-state index is 0.288. The van der Waals surface area contributed by atoms with Crippen LogP contribution in [0.5, 0.6) is 5.75 Å². The van der Waals surface area contributed by atoms with Gasteiger partial charge in [0.2, 0.25) is 0 Å². The predicted molar refractivity (Wildman–Crippen MR) is 116 cm³/mol. The number of hydrogen-bond donors (Lipinski definition) is 2. The summed E-state index contributed by atoms with van der Waals surface area (Å²) in [6, 6.07) is 10.9. The summed E-state index contributed by atoms with van der Waals surface area (Å²) in [5, 5.41) is 7.69. The van der Waals surface area contributed by atoms with Crippen LogP contribution in [0.1, 0.15) is 11.3 Å². The normalized spacial score (nSPS) is 13.7. The van der Waals surface area contributed by atoms with Gasteiger partial charge in [-0.15, -0.1) is 11.3 Å². The summed E-state index contributed by atoms with van der Waals surface area (Å²) in [6.45, 7) is 3.74. The van der Waals surface area contributed by atoms with E-state index in [2.05, 4.69) is 25.5 Å². The minimum Gasteiger partial charge on any atom is -0.487 e. The third-order valence-corrected chi connectivity index (χ3v) is 5.21. The number of morpholine rings is 1. The van der Waals surface area contributed by atoms with E-state index in [1.165, 1.54) is 11.3 Å². The Morgan fingerprint density at radius 2 is 2.10 bits per heavy atom. The van der Waals surface area contributed by atoms with Crippen LogP contribution in [0.4, 0.5) is 16.3 Å². The second-order valence-electron chi connectivity index (χ2n) is 6.69. The van der Waals surface area contributed by atoms with Crippen molar-refractivity contribution in [1.82, 2.24) is 15.3 Å². The van der Waals surface area contributed by atoms with Crippen LogP contribution in [0, 0.1) is 0 Å². The SMILES string of the molecule is O=C(NCc1cccnc1N1CCOCC1)Nc1cccc(OCc2cscn2)c1. The molecule has 0 radical (unpaired) electrons. The summed E-state index contributed by atoms with van der Waals surface area (Å²) in [5.74, 6) is 1.56. The van der Waals surface area contributed by atoms with Gasteiger partial charge in [-0.25, -0.2) is 14.8 Å². The molecule has 0 unspecified atom stereocenters. The molecule has 2 N–H and O–H groups in total. The summed E-state index contributed by atoms with van der Waals surface area (Å²) >= 11 is 1.53. The highest BCUT2D eigenvalue weighted by molar-refractivity contribution is 7.07. The van der Waals surface area contributed by atoms with Gasteiger partial charge in [0.25, 0.3) is 0 Å². The van der Waals surface area contributed by atoms with Gasteiger partial charge in [-0.1, -0.05) is 12.1 Å². The van der Waals surface area contributed by atoms with Crippen molar-refractivity contribution in [2.24, 2.45) is 0 Å². The molecule has 1 fully saturated rings. The van der Waals surface area contributed by atoms with Crippen molar-refractivity contribution in [2.75, 3.05) is 36.5 Å². The highest BCUT2D eigenvalue weighted by atomic mass is 32.1. The number of carbonyl (C=O) groups excluding carboxylic acids is 1. The van der Waals surface area contributed by atoms with Crippen LogP contribution < -0.4 is 20.3 Å². The number of urea groups is 1. The average molecular weight is 426 g/mol. The molecule has 1 aliphatic rings. The topological polar surface area (TPSA) is 88.6 Å². The second-order valence-corrected chi connectivity index (χ2v) is 7.41. The molecule has 1 saturated heterocycles. The van der Waals surface area contributed by atoms with E-state index in [0.29, 0.717) is 37.8 Å². The van der Waals surface area contributed by atoms with Crippen molar-refractivity contribution in [3.8, 4) is 5.75 Å². The lowest BCUT2D eigenvalue weighted by Crippen LogP contribution is -2.38. The molecule has 156 valence electrons. The Hall–Kier alpha value is -3.17. The number of pyridine rings is 1. The first-order valence-electron chi connectivity index (χ1n) is 9.69. The zero-order valence-corrected chi connectivity index (χ0v) is 17.2. The predicted octanol–water partition coefficient (Wildman–Crippen LogP) is 3.28. The van der Waals surface area contributed by atoms with Crippen molar-refractivity contribution >= 4 is 28.9 Å². The Balaban J connectivity index is 1.31. The molecule has 0 spiro atoms. The fourth-order valence-electron chi connectivity index (χ4n) is 3.11. The Labute approximate surface area is 178 Å². The first-order chi connectivity index (χ1) is 14.8. The zero-order chi connectivity index (χ0) is 20.6. The highest BCUT2D eigenvalue weighted by Crippen LogP contribution is 2.20. The Morgan fingerprint density at radius 3 is 2.93 bits per heavy atom. The van der Waals surface area contributed by atoms with Gasteiger partial charge in [-0.3, -0.25) is 0 Å². The van der Waals surface area contributed by atoms with Gasteiger partial charge < -0.3 is 25.0 Å².